The van der Waals surface area contributed by atoms with Crippen LogP contribution in [-0.4, -0.2) is 10.1 Å². The van der Waals surface area contributed by atoms with Gasteiger partial charge in [-0.05, 0) is 43.1 Å². The molecule has 0 atom stereocenters. The van der Waals surface area contributed by atoms with E-state index >= 15 is 0 Å². The molecule has 4 nitrogen and oxygen atoms in total. The summed E-state index contributed by atoms with van der Waals surface area (Å²) in [5, 5.41) is 13.5. The van der Waals surface area contributed by atoms with Gasteiger partial charge in [-0.2, -0.15) is 10.2 Å². The third kappa shape index (κ3) is 2.30. The number of nitriles is 1. The average molecular weight is 257 g/mol. The molecule has 0 amide bonds. The predicted octanol–water partition coefficient (Wildman–Crippen LogP) is 3.82. The van der Waals surface area contributed by atoms with Crippen molar-refractivity contribution in [1.82, 2.24) is 10.1 Å². The Balaban J connectivity index is 2.00. The van der Waals surface area contributed by atoms with Gasteiger partial charge >= 0.3 is 0 Å². The normalized spacial score (nSPS) is 24.9. The van der Waals surface area contributed by atoms with Gasteiger partial charge in [0.1, 0.15) is 11.6 Å². The van der Waals surface area contributed by atoms with E-state index in [1.54, 1.807) is 0 Å². The molecule has 2 aliphatic carbocycles. The van der Waals surface area contributed by atoms with Crippen molar-refractivity contribution in [2.24, 2.45) is 5.41 Å². The second-order valence-corrected chi connectivity index (χ2v) is 6.29. The molecule has 0 aromatic carbocycles. The Morgan fingerprint density at radius 2 is 2.16 bits per heavy atom. The summed E-state index contributed by atoms with van der Waals surface area (Å²) in [6, 6.07) is 2.30. The number of allylic oxidation sites excluding steroid dienone is 2. The Morgan fingerprint density at radius 3 is 2.79 bits per heavy atom. The minimum absolute atomic E-state index is 0.0670. The molecule has 0 saturated heterocycles. The average Bonchev–Trinajstić information content (AvgIpc) is 3.12. The highest BCUT2D eigenvalue weighted by atomic mass is 16.5. The Labute approximate surface area is 113 Å². The first-order valence-electron chi connectivity index (χ1n) is 7.09. The molecule has 2 saturated carbocycles. The van der Waals surface area contributed by atoms with Crippen molar-refractivity contribution >= 4 is 5.57 Å². The number of aromatic nitrogens is 2. The third-order valence-corrected chi connectivity index (χ3v) is 4.31. The van der Waals surface area contributed by atoms with Crippen LogP contribution >= 0.6 is 0 Å². The Hall–Kier alpha value is -1.63. The molecule has 0 radical (unpaired) electrons. The van der Waals surface area contributed by atoms with E-state index in [0.717, 1.165) is 37.9 Å². The molecule has 0 aliphatic heterocycles. The molecule has 4 heteroatoms. The van der Waals surface area contributed by atoms with Crippen molar-refractivity contribution in [2.75, 3.05) is 0 Å². The summed E-state index contributed by atoms with van der Waals surface area (Å²) in [4.78, 5) is 4.43. The van der Waals surface area contributed by atoms with Crippen LogP contribution in [0.1, 0.15) is 70.0 Å². The lowest BCUT2D eigenvalue weighted by atomic mass is 9.71. The van der Waals surface area contributed by atoms with Crippen LogP contribution in [0.25, 0.3) is 5.57 Å². The fourth-order valence-electron chi connectivity index (χ4n) is 2.91. The van der Waals surface area contributed by atoms with E-state index in [4.69, 9.17) is 4.52 Å². The highest BCUT2D eigenvalue weighted by Crippen LogP contribution is 2.44. The standard InChI is InChI=1S/C15H19N3O/c1-15(2)8-4-3-5-12(15)11(9-16)14-17-13(18-19-14)10-6-7-10/h10H,3-8H2,1-2H3/b12-11-. The van der Waals surface area contributed by atoms with Crippen molar-refractivity contribution in [3.63, 3.8) is 0 Å². The molecule has 2 aliphatic rings. The van der Waals surface area contributed by atoms with Gasteiger partial charge in [-0.3, -0.25) is 0 Å². The van der Waals surface area contributed by atoms with E-state index in [-0.39, 0.29) is 5.41 Å². The van der Waals surface area contributed by atoms with Crippen molar-refractivity contribution in [2.45, 2.75) is 58.3 Å². The summed E-state index contributed by atoms with van der Waals surface area (Å²) in [5.74, 6) is 1.66. The summed E-state index contributed by atoms with van der Waals surface area (Å²) in [6.07, 6.45) is 6.75. The Morgan fingerprint density at radius 1 is 1.37 bits per heavy atom. The maximum absolute atomic E-state index is 9.49. The number of rotatable bonds is 2. The maximum Gasteiger partial charge on any atom is 0.268 e. The van der Waals surface area contributed by atoms with Gasteiger partial charge in [0.2, 0.25) is 0 Å². The zero-order valence-electron chi connectivity index (χ0n) is 11.6. The van der Waals surface area contributed by atoms with Crippen LogP contribution in [0, 0.1) is 16.7 Å². The molecular weight excluding hydrogens is 238 g/mol. The molecule has 1 aromatic rings. The van der Waals surface area contributed by atoms with Crippen molar-refractivity contribution < 1.29 is 4.52 Å². The predicted molar refractivity (Wildman–Crippen MR) is 71.1 cm³/mol. The van der Waals surface area contributed by atoms with Gasteiger partial charge in [0.05, 0.1) is 0 Å². The van der Waals surface area contributed by atoms with Crippen LogP contribution in [0.3, 0.4) is 0 Å². The van der Waals surface area contributed by atoms with E-state index in [0.29, 0.717) is 17.4 Å². The van der Waals surface area contributed by atoms with Gasteiger partial charge in [-0.15, -0.1) is 0 Å². The molecule has 100 valence electrons. The second-order valence-electron chi connectivity index (χ2n) is 6.29. The van der Waals surface area contributed by atoms with Crippen LogP contribution in [0.4, 0.5) is 0 Å². The quantitative estimate of drug-likeness (QED) is 0.755. The van der Waals surface area contributed by atoms with Gasteiger partial charge in [0.25, 0.3) is 5.89 Å². The largest absolute Gasteiger partial charge is 0.333 e. The molecule has 0 spiro atoms. The van der Waals surface area contributed by atoms with Gasteiger partial charge in [0, 0.05) is 5.92 Å². The van der Waals surface area contributed by atoms with E-state index in [1.807, 2.05) is 0 Å². The summed E-state index contributed by atoms with van der Waals surface area (Å²) in [7, 11) is 0. The second kappa shape index (κ2) is 4.48. The molecule has 1 aromatic heterocycles. The summed E-state index contributed by atoms with van der Waals surface area (Å²) >= 11 is 0. The number of hydrogen-bond acceptors (Lipinski definition) is 4. The molecule has 19 heavy (non-hydrogen) atoms. The van der Waals surface area contributed by atoms with E-state index in [1.165, 1.54) is 12.0 Å². The van der Waals surface area contributed by atoms with Crippen LogP contribution in [-0.2, 0) is 0 Å². The van der Waals surface area contributed by atoms with Gasteiger partial charge in [0.15, 0.2) is 5.82 Å². The molecule has 3 rings (SSSR count). The lowest BCUT2D eigenvalue weighted by Crippen LogP contribution is -2.20. The Bertz CT molecular complexity index is 558. The molecular formula is C15H19N3O. The van der Waals surface area contributed by atoms with Gasteiger partial charge in [-0.25, -0.2) is 0 Å². The van der Waals surface area contributed by atoms with Crippen LogP contribution in [0.2, 0.25) is 0 Å². The highest BCUT2D eigenvalue weighted by molar-refractivity contribution is 5.75. The SMILES string of the molecule is CC1(C)CCCC/C1=C(\C#N)c1nc(C2CC2)no1. The zero-order valence-corrected chi connectivity index (χ0v) is 11.6. The summed E-state index contributed by atoms with van der Waals surface area (Å²) < 4.78 is 5.32. The maximum atomic E-state index is 9.49. The zero-order chi connectivity index (χ0) is 13.5. The van der Waals surface area contributed by atoms with Gasteiger partial charge < -0.3 is 4.52 Å². The minimum Gasteiger partial charge on any atom is -0.333 e. The molecule has 0 unspecified atom stereocenters. The Kier molecular flexibility index (Phi) is 2.93. The molecule has 0 N–H and O–H groups in total. The molecule has 2 fully saturated rings. The van der Waals surface area contributed by atoms with E-state index in [9.17, 15) is 5.26 Å². The summed E-state index contributed by atoms with van der Waals surface area (Å²) in [5.41, 5.74) is 1.87. The van der Waals surface area contributed by atoms with Crippen molar-refractivity contribution in [3.8, 4) is 6.07 Å². The molecule has 1 heterocycles. The fraction of sp³-hybridized carbons (Fsp3) is 0.667. The van der Waals surface area contributed by atoms with Crippen LogP contribution in [0.5, 0.6) is 0 Å². The van der Waals surface area contributed by atoms with E-state index in [2.05, 4.69) is 30.1 Å². The van der Waals surface area contributed by atoms with Crippen molar-refractivity contribution in [3.05, 3.63) is 17.3 Å². The lowest BCUT2D eigenvalue weighted by molar-refractivity contribution is 0.335. The fourth-order valence-corrected chi connectivity index (χ4v) is 2.91. The summed E-state index contributed by atoms with van der Waals surface area (Å²) in [6.45, 7) is 4.41. The highest BCUT2D eigenvalue weighted by Gasteiger charge is 2.33. The monoisotopic (exact) mass is 257 g/mol. The smallest absolute Gasteiger partial charge is 0.268 e. The first kappa shape index (κ1) is 12.4. The third-order valence-electron chi connectivity index (χ3n) is 4.31. The van der Waals surface area contributed by atoms with Crippen molar-refractivity contribution in [1.29, 1.82) is 5.26 Å². The van der Waals surface area contributed by atoms with E-state index < -0.39 is 0 Å². The first-order chi connectivity index (χ1) is 9.12. The molecule has 0 bridgehead atoms. The first-order valence-corrected chi connectivity index (χ1v) is 7.09. The minimum atomic E-state index is 0.0670. The van der Waals surface area contributed by atoms with Crippen LogP contribution in [0.15, 0.2) is 10.1 Å². The number of nitrogens with zero attached hydrogens (tertiary/aromatic N) is 3. The number of hydrogen-bond donors (Lipinski definition) is 0. The topological polar surface area (TPSA) is 62.7 Å². The van der Waals surface area contributed by atoms with Crippen LogP contribution < -0.4 is 0 Å². The van der Waals surface area contributed by atoms with Gasteiger partial charge in [-0.1, -0.05) is 25.4 Å². The lowest BCUT2D eigenvalue weighted by Gasteiger charge is -2.33.